The second-order valence-corrected chi connectivity index (χ2v) is 6.56. The number of nitrogens with zero attached hydrogens (tertiary/aromatic N) is 2. The highest BCUT2D eigenvalue weighted by Crippen LogP contribution is 2.36. The van der Waals surface area contributed by atoms with Crippen molar-refractivity contribution >= 4 is 28.2 Å². The van der Waals surface area contributed by atoms with E-state index >= 15 is 0 Å². The van der Waals surface area contributed by atoms with E-state index in [1.54, 1.807) is 18.2 Å². The number of nitro benzene ring substituents is 1. The van der Waals surface area contributed by atoms with E-state index in [1.165, 1.54) is 12.1 Å². The summed E-state index contributed by atoms with van der Waals surface area (Å²) in [7, 11) is 0. The molecule has 0 fully saturated rings. The van der Waals surface area contributed by atoms with E-state index in [0.29, 0.717) is 34.3 Å². The molecule has 0 radical (unpaired) electrons. The van der Waals surface area contributed by atoms with E-state index in [0.717, 1.165) is 11.1 Å². The van der Waals surface area contributed by atoms with Crippen molar-refractivity contribution in [2.75, 3.05) is 6.61 Å². The topological polar surface area (TPSA) is 65.3 Å². The van der Waals surface area contributed by atoms with Crippen LogP contribution in [0.2, 0.25) is 5.02 Å². The van der Waals surface area contributed by atoms with Crippen molar-refractivity contribution in [2.45, 2.75) is 13.8 Å². The van der Waals surface area contributed by atoms with Gasteiger partial charge in [-0.05, 0) is 23.6 Å². The highest BCUT2D eigenvalue weighted by Gasteiger charge is 2.15. The lowest BCUT2D eigenvalue weighted by Gasteiger charge is -2.13. The third kappa shape index (κ3) is 3.72. The largest absolute Gasteiger partial charge is 0.477 e. The monoisotopic (exact) mass is 356 g/mol. The average molecular weight is 357 g/mol. The number of hydrogen-bond donors (Lipinski definition) is 0. The van der Waals surface area contributed by atoms with Gasteiger partial charge in [0.2, 0.25) is 5.88 Å². The van der Waals surface area contributed by atoms with Crippen LogP contribution >= 0.6 is 11.6 Å². The minimum Gasteiger partial charge on any atom is -0.477 e. The summed E-state index contributed by atoms with van der Waals surface area (Å²) in [6.07, 6.45) is 0. The van der Waals surface area contributed by atoms with Crippen molar-refractivity contribution < 1.29 is 9.66 Å². The van der Waals surface area contributed by atoms with Crippen LogP contribution in [0.4, 0.5) is 5.69 Å². The summed E-state index contributed by atoms with van der Waals surface area (Å²) in [6, 6.07) is 13.8. The van der Waals surface area contributed by atoms with Gasteiger partial charge in [0.25, 0.3) is 5.69 Å². The molecular formula is C19H17ClN2O3. The van der Waals surface area contributed by atoms with Crippen molar-refractivity contribution in [3.05, 3.63) is 63.7 Å². The number of fused-ring (bicyclic) bond motifs is 1. The number of rotatable bonds is 5. The highest BCUT2D eigenvalue weighted by atomic mass is 35.5. The van der Waals surface area contributed by atoms with E-state index in [2.05, 4.69) is 18.8 Å². The van der Waals surface area contributed by atoms with E-state index < -0.39 is 4.92 Å². The molecule has 3 rings (SSSR count). The van der Waals surface area contributed by atoms with Crippen LogP contribution in [-0.4, -0.2) is 16.5 Å². The van der Waals surface area contributed by atoms with Crippen molar-refractivity contribution in [3.63, 3.8) is 0 Å². The molecule has 0 atom stereocenters. The molecule has 1 heterocycles. The van der Waals surface area contributed by atoms with Gasteiger partial charge in [0.1, 0.15) is 0 Å². The Labute approximate surface area is 150 Å². The zero-order valence-corrected chi connectivity index (χ0v) is 14.7. The van der Waals surface area contributed by atoms with Gasteiger partial charge < -0.3 is 4.74 Å². The standard InChI is InChI=1S/C19H17ClN2O3/c1-12(2)11-25-19-10-15(14-5-3-4-6-17(14)20)16-9-13(22(23)24)7-8-18(16)21-19/h3-10,12H,11H2,1-2H3. The summed E-state index contributed by atoms with van der Waals surface area (Å²) < 4.78 is 5.77. The van der Waals surface area contributed by atoms with Crippen LogP contribution in [0.1, 0.15) is 13.8 Å². The predicted molar refractivity (Wildman–Crippen MR) is 99.2 cm³/mol. The molecule has 0 unspecified atom stereocenters. The molecule has 0 aliphatic rings. The third-order valence-electron chi connectivity index (χ3n) is 3.71. The molecule has 0 saturated carbocycles. The molecule has 128 valence electrons. The fourth-order valence-corrected chi connectivity index (χ4v) is 2.77. The van der Waals surface area contributed by atoms with Crippen LogP contribution in [0, 0.1) is 16.0 Å². The summed E-state index contributed by atoms with van der Waals surface area (Å²) in [5.74, 6) is 0.836. The molecule has 6 heteroatoms. The molecule has 0 saturated heterocycles. The van der Waals surface area contributed by atoms with Gasteiger partial charge in [-0.1, -0.05) is 43.6 Å². The lowest BCUT2D eigenvalue weighted by Crippen LogP contribution is -2.06. The first-order valence-electron chi connectivity index (χ1n) is 7.92. The van der Waals surface area contributed by atoms with Crippen LogP contribution in [-0.2, 0) is 0 Å². The summed E-state index contributed by atoms with van der Waals surface area (Å²) in [5.41, 5.74) is 2.18. The van der Waals surface area contributed by atoms with Gasteiger partial charge in [0.15, 0.2) is 0 Å². The van der Waals surface area contributed by atoms with Crippen molar-refractivity contribution in [1.82, 2.24) is 4.98 Å². The van der Waals surface area contributed by atoms with Gasteiger partial charge in [0.05, 0.1) is 17.0 Å². The molecular weight excluding hydrogens is 340 g/mol. The van der Waals surface area contributed by atoms with Gasteiger partial charge in [-0.3, -0.25) is 10.1 Å². The predicted octanol–water partition coefficient (Wildman–Crippen LogP) is 5.50. The summed E-state index contributed by atoms with van der Waals surface area (Å²) in [6.45, 7) is 4.65. The number of aromatic nitrogens is 1. The number of ether oxygens (including phenoxy) is 1. The maximum absolute atomic E-state index is 11.1. The number of benzene rings is 2. The number of halogens is 1. The molecule has 1 aromatic heterocycles. The van der Waals surface area contributed by atoms with Gasteiger partial charge in [0, 0.05) is 34.2 Å². The van der Waals surface area contributed by atoms with E-state index in [-0.39, 0.29) is 5.69 Å². The second kappa shape index (κ2) is 7.07. The number of nitro groups is 1. The fraction of sp³-hybridized carbons (Fsp3) is 0.211. The first-order valence-corrected chi connectivity index (χ1v) is 8.30. The van der Waals surface area contributed by atoms with Crippen LogP contribution < -0.4 is 4.74 Å². The van der Waals surface area contributed by atoms with Crippen LogP contribution in [0.5, 0.6) is 5.88 Å². The summed E-state index contributed by atoms with van der Waals surface area (Å²) in [5, 5.41) is 12.4. The van der Waals surface area contributed by atoms with E-state index in [9.17, 15) is 10.1 Å². The molecule has 0 amide bonds. The number of hydrogen-bond acceptors (Lipinski definition) is 4. The zero-order chi connectivity index (χ0) is 18.0. The Kier molecular flexibility index (Phi) is 4.86. The Bertz CT molecular complexity index is 941. The molecule has 0 aliphatic heterocycles. The zero-order valence-electron chi connectivity index (χ0n) is 13.9. The van der Waals surface area contributed by atoms with Crippen molar-refractivity contribution in [3.8, 4) is 17.0 Å². The smallest absolute Gasteiger partial charge is 0.270 e. The quantitative estimate of drug-likeness (QED) is 0.447. The maximum atomic E-state index is 11.1. The normalized spacial score (nSPS) is 11.0. The van der Waals surface area contributed by atoms with Gasteiger partial charge in [-0.2, -0.15) is 0 Å². The molecule has 25 heavy (non-hydrogen) atoms. The van der Waals surface area contributed by atoms with Crippen LogP contribution in [0.3, 0.4) is 0 Å². The Morgan fingerprint density at radius 2 is 1.92 bits per heavy atom. The molecule has 0 N–H and O–H groups in total. The Balaban J connectivity index is 2.23. The molecule has 2 aromatic carbocycles. The highest BCUT2D eigenvalue weighted by molar-refractivity contribution is 6.33. The molecule has 3 aromatic rings. The number of pyridine rings is 1. The molecule has 0 spiro atoms. The van der Waals surface area contributed by atoms with Crippen LogP contribution in [0.15, 0.2) is 48.5 Å². The summed E-state index contributed by atoms with van der Waals surface area (Å²) >= 11 is 6.35. The Hall–Kier alpha value is -2.66. The number of non-ortho nitro benzene ring substituents is 1. The molecule has 0 aliphatic carbocycles. The molecule has 0 bridgehead atoms. The maximum Gasteiger partial charge on any atom is 0.270 e. The first kappa shape index (κ1) is 17.2. The SMILES string of the molecule is CC(C)COc1cc(-c2ccccc2Cl)c2cc([N+](=O)[O-])ccc2n1. The molecule has 5 nitrogen and oxygen atoms in total. The minimum absolute atomic E-state index is 0.0125. The third-order valence-corrected chi connectivity index (χ3v) is 4.04. The van der Waals surface area contributed by atoms with Crippen molar-refractivity contribution in [1.29, 1.82) is 0 Å². The van der Waals surface area contributed by atoms with Gasteiger partial charge >= 0.3 is 0 Å². The van der Waals surface area contributed by atoms with E-state index in [1.807, 2.05) is 18.2 Å². The Morgan fingerprint density at radius 1 is 1.16 bits per heavy atom. The summed E-state index contributed by atoms with van der Waals surface area (Å²) in [4.78, 5) is 15.2. The Morgan fingerprint density at radius 3 is 2.60 bits per heavy atom. The van der Waals surface area contributed by atoms with Gasteiger partial charge in [-0.15, -0.1) is 0 Å². The van der Waals surface area contributed by atoms with Crippen LogP contribution in [0.25, 0.3) is 22.0 Å². The fourth-order valence-electron chi connectivity index (χ4n) is 2.53. The first-order chi connectivity index (χ1) is 12.0. The van der Waals surface area contributed by atoms with Crippen molar-refractivity contribution in [2.24, 2.45) is 5.92 Å². The average Bonchev–Trinajstić information content (AvgIpc) is 2.59. The van der Waals surface area contributed by atoms with E-state index in [4.69, 9.17) is 16.3 Å². The lowest BCUT2D eigenvalue weighted by molar-refractivity contribution is -0.384. The lowest BCUT2D eigenvalue weighted by atomic mass is 10.0. The van der Waals surface area contributed by atoms with Gasteiger partial charge in [-0.25, -0.2) is 4.98 Å². The second-order valence-electron chi connectivity index (χ2n) is 6.15. The minimum atomic E-state index is -0.418.